The summed E-state index contributed by atoms with van der Waals surface area (Å²) in [6, 6.07) is 0. The summed E-state index contributed by atoms with van der Waals surface area (Å²) in [6.45, 7) is 4.04. The van der Waals surface area contributed by atoms with Crippen LogP contribution in [0.1, 0.15) is 26.2 Å². The van der Waals surface area contributed by atoms with Crippen LogP contribution in [0.5, 0.6) is 0 Å². The van der Waals surface area contributed by atoms with Gasteiger partial charge < -0.3 is 0 Å². The summed E-state index contributed by atoms with van der Waals surface area (Å²) in [5, 5.41) is 12.1. The maximum absolute atomic E-state index is 4.13. The Kier molecular flexibility index (Phi) is 2.81. The van der Waals surface area contributed by atoms with Gasteiger partial charge in [0.2, 0.25) is 0 Å². The van der Waals surface area contributed by atoms with Crippen molar-refractivity contribution in [3.8, 4) is 0 Å². The van der Waals surface area contributed by atoms with E-state index in [0.717, 1.165) is 18.9 Å². The van der Waals surface area contributed by atoms with Gasteiger partial charge in [0.05, 0.1) is 6.54 Å². The van der Waals surface area contributed by atoms with Crippen LogP contribution in [0.2, 0.25) is 0 Å². The molecule has 0 amide bonds. The topological polar surface area (TPSA) is 31.2 Å². The lowest BCUT2D eigenvalue weighted by atomic mass is 10.2. The van der Waals surface area contributed by atoms with E-state index in [1.807, 2.05) is 10.0 Å². The summed E-state index contributed by atoms with van der Waals surface area (Å²) in [5.74, 6) is 1.11. The first-order chi connectivity index (χ1) is 6.92. The van der Waals surface area contributed by atoms with Crippen LogP contribution in [0, 0.1) is 0 Å². The van der Waals surface area contributed by atoms with Crippen LogP contribution in [-0.4, -0.2) is 23.1 Å². The van der Waals surface area contributed by atoms with E-state index < -0.39 is 0 Å². The molecule has 76 valence electrons. The fraction of sp³-hybridized carbons (Fsp3) is 0.600. The van der Waals surface area contributed by atoms with Crippen LogP contribution in [0.4, 0.5) is 0 Å². The zero-order valence-electron chi connectivity index (χ0n) is 8.56. The number of rotatable bonds is 4. The molecule has 0 saturated heterocycles. The lowest BCUT2D eigenvalue weighted by molar-refractivity contribution is 0.306. The third-order valence-electron chi connectivity index (χ3n) is 2.42. The van der Waals surface area contributed by atoms with Gasteiger partial charge in [-0.05, 0) is 22.9 Å². The number of fused-ring (bicyclic) bond motifs is 1. The molecule has 0 aromatic rings. The third kappa shape index (κ3) is 1.78. The molecule has 0 aromatic heterocycles. The Morgan fingerprint density at radius 1 is 1.36 bits per heavy atom. The molecule has 0 bridgehead atoms. The van der Waals surface area contributed by atoms with Crippen molar-refractivity contribution in [3.05, 3.63) is 24.0 Å². The van der Waals surface area contributed by atoms with Crippen molar-refractivity contribution < 1.29 is 0 Å². The number of hydrogen-bond acceptors (Lipinski definition) is 4. The maximum Gasteiger partial charge on any atom is 0.149 e. The number of hydrogen-bond donors (Lipinski definition) is 0. The largest absolute Gasteiger partial charge is 0.228 e. The molecule has 0 aliphatic carbocycles. The van der Waals surface area contributed by atoms with E-state index in [-0.39, 0.29) is 0 Å². The zero-order chi connectivity index (χ0) is 9.80. The Labute approximate surface area is 84.5 Å². The molecular formula is C10H16N4. The van der Waals surface area contributed by atoms with Gasteiger partial charge in [0.25, 0.3) is 0 Å². The molecule has 4 heteroatoms. The van der Waals surface area contributed by atoms with Crippen LogP contribution in [-0.2, 0) is 0 Å². The van der Waals surface area contributed by atoms with Gasteiger partial charge in [0.1, 0.15) is 5.82 Å². The molecule has 2 rings (SSSR count). The minimum Gasteiger partial charge on any atom is -0.228 e. The van der Waals surface area contributed by atoms with Crippen LogP contribution in [0.25, 0.3) is 0 Å². The van der Waals surface area contributed by atoms with Crippen molar-refractivity contribution in [2.45, 2.75) is 26.2 Å². The number of nitrogens with zero attached hydrogens (tertiary/aromatic N) is 4. The SMILES string of the molecule is CCCCCN1N=NN2CC=CC=C21. The molecule has 0 saturated carbocycles. The first kappa shape index (κ1) is 9.24. The lowest BCUT2D eigenvalue weighted by Gasteiger charge is -2.20. The Bertz CT molecular complexity index is 280. The molecule has 0 atom stereocenters. The second-order valence-corrected chi connectivity index (χ2v) is 3.54. The molecule has 4 nitrogen and oxygen atoms in total. The molecule has 2 aliphatic rings. The smallest absolute Gasteiger partial charge is 0.149 e. The summed E-state index contributed by atoms with van der Waals surface area (Å²) in [6.07, 6.45) is 9.90. The van der Waals surface area contributed by atoms with Crippen LogP contribution in [0.3, 0.4) is 0 Å². The highest BCUT2D eigenvalue weighted by molar-refractivity contribution is 5.16. The molecule has 0 fully saturated rings. The molecule has 0 radical (unpaired) electrons. The van der Waals surface area contributed by atoms with Crippen molar-refractivity contribution in [1.29, 1.82) is 0 Å². The zero-order valence-corrected chi connectivity index (χ0v) is 8.56. The van der Waals surface area contributed by atoms with Gasteiger partial charge in [-0.1, -0.05) is 31.9 Å². The van der Waals surface area contributed by atoms with E-state index >= 15 is 0 Å². The molecule has 2 heterocycles. The standard InChI is InChI=1S/C10H16N4/c1-2-3-5-8-13-10-7-4-6-9-14(10)12-11-13/h4,6-7H,2-3,5,8-9H2,1H3. The highest BCUT2D eigenvalue weighted by Crippen LogP contribution is 2.22. The van der Waals surface area contributed by atoms with Crippen molar-refractivity contribution in [1.82, 2.24) is 10.0 Å². The van der Waals surface area contributed by atoms with Gasteiger partial charge in [0, 0.05) is 6.54 Å². The van der Waals surface area contributed by atoms with E-state index in [0.29, 0.717) is 0 Å². The van der Waals surface area contributed by atoms with E-state index in [9.17, 15) is 0 Å². The van der Waals surface area contributed by atoms with Gasteiger partial charge >= 0.3 is 0 Å². The van der Waals surface area contributed by atoms with Crippen LogP contribution >= 0.6 is 0 Å². The van der Waals surface area contributed by atoms with Gasteiger partial charge in [-0.25, -0.2) is 10.0 Å². The van der Waals surface area contributed by atoms with Crippen molar-refractivity contribution in [2.24, 2.45) is 10.4 Å². The van der Waals surface area contributed by atoms with E-state index in [2.05, 4.69) is 35.6 Å². The summed E-state index contributed by atoms with van der Waals surface area (Å²) < 4.78 is 0. The van der Waals surface area contributed by atoms with E-state index in [1.54, 1.807) is 0 Å². The molecule has 0 unspecified atom stereocenters. The average molecular weight is 192 g/mol. The minimum absolute atomic E-state index is 0.847. The minimum atomic E-state index is 0.847. The molecule has 2 aliphatic heterocycles. The van der Waals surface area contributed by atoms with E-state index in [4.69, 9.17) is 0 Å². The maximum atomic E-state index is 4.13. The molecular weight excluding hydrogens is 176 g/mol. The Balaban J connectivity index is 1.90. The summed E-state index contributed by atoms with van der Waals surface area (Å²) in [7, 11) is 0. The van der Waals surface area contributed by atoms with Crippen molar-refractivity contribution in [3.63, 3.8) is 0 Å². The Hall–Kier alpha value is -1.32. The van der Waals surface area contributed by atoms with E-state index in [1.165, 1.54) is 19.3 Å². The predicted molar refractivity (Wildman–Crippen MR) is 55.0 cm³/mol. The van der Waals surface area contributed by atoms with Gasteiger partial charge in [-0.3, -0.25) is 0 Å². The summed E-state index contributed by atoms with van der Waals surface area (Å²) >= 11 is 0. The molecule has 14 heavy (non-hydrogen) atoms. The third-order valence-corrected chi connectivity index (χ3v) is 2.42. The van der Waals surface area contributed by atoms with Crippen LogP contribution < -0.4 is 0 Å². The fourth-order valence-corrected chi connectivity index (χ4v) is 1.61. The first-order valence-electron chi connectivity index (χ1n) is 5.25. The second-order valence-electron chi connectivity index (χ2n) is 3.54. The molecule has 0 N–H and O–H groups in total. The molecule has 0 aromatic carbocycles. The highest BCUT2D eigenvalue weighted by Gasteiger charge is 2.22. The van der Waals surface area contributed by atoms with Gasteiger partial charge in [0.15, 0.2) is 0 Å². The second kappa shape index (κ2) is 4.26. The normalized spacial score (nSPS) is 18.8. The average Bonchev–Trinajstić information content (AvgIpc) is 2.63. The van der Waals surface area contributed by atoms with Crippen molar-refractivity contribution in [2.75, 3.05) is 13.1 Å². The fourth-order valence-electron chi connectivity index (χ4n) is 1.61. The van der Waals surface area contributed by atoms with Gasteiger partial charge in [-0.2, -0.15) is 0 Å². The molecule has 0 spiro atoms. The quantitative estimate of drug-likeness (QED) is 0.641. The summed E-state index contributed by atoms with van der Waals surface area (Å²) in [5.41, 5.74) is 0. The van der Waals surface area contributed by atoms with Crippen molar-refractivity contribution >= 4 is 0 Å². The number of allylic oxidation sites excluding steroid dienone is 2. The Morgan fingerprint density at radius 3 is 3.14 bits per heavy atom. The van der Waals surface area contributed by atoms with Gasteiger partial charge in [-0.15, -0.1) is 0 Å². The van der Waals surface area contributed by atoms with Crippen LogP contribution in [0.15, 0.2) is 34.5 Å². The first-order valence-corrected chi connectivity index (χ1v) is 5.25. The lowest BCUT2D eigenvalue weighted by Crippen LogP contribution is -2.25. The highest BCUT2D eigenvalue weighted by atomic mass is 15.8. The Morgan fingerprint density at radius 2 is 2.29 bits per heavy atom. The monoisotopic (exact) mass is 192 g/mol. The predicted octanol–water partition coefficient (Wildman–Crippen LogP) is 2.49. The summed E-state index contributed by atoms with van der Waals surface area (Å²) in [4.78, 5) is 0. The number of unbranched alkanes of at least 4 members (excludes halogenated alkanes) is 2.